The van der Waals surface area contributed by atoms with Gasteiger partial charge in [0, 0.05) is 56.0 Å². The molecule has 2 unspecified atom stereocenters. The van der Waals surface area contributed by atoms with Crippen LogP contribution in [0.4, 0.5) is 10.1 Å². The molecule has 172 valence electrons. The monoisotopic (exact) mass is 449 g/mol. The molecule has 7 nitrogen and oxygen atoms in total. The molecule has 1 fully saturated rings. The number of aryl methyl sites for hydroxylation is 1. The minimum atomic E-state index is -0.323. The highest BCUT2D eigenvalue weighted by molar-refractivity contribution is 5.89. The number of benzene rings is 1. The molecular weight excluding hydrogens is 421 g/mol. The molecule has 1 aliphatic heterocycles. The number of hydrogen-bond acceptors (Lipinski definition) is 6. The molecule has 1 aliphatic rings. The van der Waals surface area contributed by atoms with E-state index in [2.05, 4.69) is 41.6 Å². The molecule has 2 aromatic heterocycles. The normalized spacial score (nSPS) is 20.0. The van der Waals surface area contributed by atoms with Crippen LogP contribution in [0.25, 0.3) is 11.0 Å². The molecule has 3 aromatic rings. The Labute approximate surface area is 192 Å². The molecule has 8 heteroatoms. The van der Waals surface area contributed by atoms with Gasteiger partial charge in [0.25, 0.3) is 5.56 Å². The van der Waals surface area contributed by atoms with Gasteiger partial charge in [-0.1, -0.05) is 6.07 Å². The predicted octanol–water partition coefficient (Wildman–Crippen LogP) is 3.61. The summed E-state index contributed by atoms with van der Waals surface area (Å²) in [5, 5.41) is 9.35. The summed E-state index contributed by atoms with van der Waals surface area (Å²) >= 11 is 0. The van der Waals surface area contributed by atoms with Crippen molar-refractivity contribution in [2.24, 2.45) is 7.05 Å². The van der Waals surface area contributed by atoms with Gasteiger partial charge in [-0.25, -0.2) is 9.37 Å². The molecule has 0 saturated carbocycles. The van der Waals surface area contributed by atoms with Crippen molar-refractivity contribution in [3.8, 4) is 11.8 Å². The number of piperazine rings is 1. The average molecular weight is 450 g/mol. The van der Waals surface area contributed by atoms with E-state index in [0.29, 0.717) is 29.0 Å². The van der Waals surface area contributed by atoms with Crippen molar-refractivity contribution in [2.45, 2.75) is 38.9 Å². The summed E-state index contributed by atoms with van der Waals surface area (Å²) in [5.74, 6) is 0.214. The molecule has 0 bridgehead atoms. The van der Waals surface area contributed by atoms with Gasteiger partial charge in [0.1, 0.15) is 28.8 Å². The second-order valence-electron chi connectivity index (χ2n) is 8.71. The maximum atomic E-state index is 13.7. The average Bonchev–Trinajstić information content (AvgIpc) is 2.81. The summed E-state index contributed by atoms with van der Waals surface area (Å²) in [7, 11) is 3.27. The number of fused-ring (bicyclic) bond motifs is 1. The summed E-state index contributed by atoms with van der Waals surface area (Å²) in [6.07, 6.45) is 0. The summed E-state index contributed by atoms with van der Waals surface area (Å²) in [5.41, 5.74) is 3.23. The van der Waals surface area contributed by atoms with Crippen molar-refractivity contribution in [1.82, 2.24) is 14.5 Å². The van der Waals surface area contributed by atoms with E-state index in [9.17, 15) is 14.4 Å². The van der Waals surface area contributed by atoms with Gasteiger partial charge in [-0.2, -0.15) is 5.26 Å². The molecule has 1 saturated heterocycles. The standard InChI is InChI=1S/C25H28FN5O2/c1-15-14-31(22-11-24(32)29(4)21-9-7-19(12-27)28-25(21)22)16(2)13-30(15)17(3)20-8-6-18(26)10-23(20)33-5/h6-11,15-17H,13-14H2,1-5H3/t15?,16-,17?/m0/s1. The fourth-order valence-electron chi connectivity index (χ4n) is 4.83. The molecule has 0 amide bonds. The second-order valence-corrected chi connectivity index (χ2v) is 8.71. The fourth-order valence-corrected chi connectivity index (χ4v) is 4.83. The third-order valence-corrected chi connectivity index (χ3v) is 6.67. The van der Waals surface area contributed by atoms with Crippen molar-refractivity contribution < 1.29 is 9.13 Å². The molecule has 0 radical (unpaired) electrons. The van der Waals surface area contributed by atoms with E-state index >= 15 is 0 Å². The zero-order chi connectivity index (χ0) is 23.9. The van der Waals surface area contributed by atoms with Crippen LogP contribution in [-0.4, -0.2) is 46.7 Å². The Morgan fingerprint density at radius 2 is 1.94 bits per heavy atom. The predicted molar refractivity (Wildman–Crippen MR) is 126 cm³/mol. The van der Waals surface area contributed by atoms with E-state index in [1.165, 1.54) is 12.1 Å². The first-order valence-electron chi connectivity index (χ1n) is 11.0. The van der Waals surface area contributed by atoms with Crippen LogP contribution in [0.1, 0.15) is 38.1 Å². The highest BCUT2D eigenvalue weighted by Crippen LogP contribution is 2.35. The van der Waals surface area contributed by atoms with Crippen molar-refractivity contribution in [1.29, 1.82) is 5.26 Å². The Morgan fingerprint density at radius 1 is 1.18 bits per heavy atom. The number of anilines is 1. The second kappa shape index (κ2) is 8.83. The van der Waals surface area contributed by atoms with Crippen LogP contribution in [0.15, 0.2) is 41.2 Å². The number of halogens is 1. The number of methoxy groups -OCH3 is 1. The molecule has 4 rings (SSSR count). The quantitative estimate of drug-likeness (QED) is 0.606. The third-order valence-electron chi connectivity index (χ3n) is 6.67. The number of ether oxygens (including phenoxy) is 1. The van der Waals surface area contributed by atoms with Crippen molar-refractivity contribution >= 4 is 16.7 Å². The Kier molecular flexibility index (Phi) is 6.09. The molecule has 33 heavy (non-hydrogen) atoms. The molecular formula is C25H28FN5O2. The number of rotatable bonds is 4. The van der Waals surface area contributed by atoms with E-state index in [1.807, 2.05) is 0 Å². The van der Waals surface area contributed by atoms with Crippen molar-refractivity contribution in [2.75, 3.05) is 25.1 Å². The Balaban J connectivity index is 1.70. The van der Waals surface area contributed by atoms with Gasteiger partial charge in [0.05, 0.1) is 18.3 Å². The lowest BCUT2D eigenvalue weighted by Gasteiger charge is -2.48. The molecule has 3 heterocycles. The molecule has 0 spiro atoms. The van der Waals surface area contributed by atoms with Crippen LogP contribution in [0, 0.1) is 17.1 Å². The van der Waals surface area contributed by atoms with E-state index in [0.717, 1.165) is 17.8 Å². The minimum Gasteiger partial charge on any atom is -0.496 e. The van der Waals surface area contributed by atoms with Gasteiger partial charge in [-0.05, 0) is 39.0 Å². The Bertz CT molecular complexity index is 1300. The van der Waals surface area contributed by atoms with Crippen LogP contribution in [0.5, 0.6) is 5.75 Å². The summed E-state index contributed by atoms with van der Waals surface area (Å²) < 4.78 is 20.7. The SMILES string of the molecule is COc1cc(F)ccc1C(C)N1C[C@H](C)N(c2cc(=O)n(C)c3ccc(C#N)nc23)CC1C. The largest absolute Gasteiger partial charge is 0.496 e. The fraction of sp³-hybridized carbons (Fsp3) is 0.400. The smallest absolute Gasteiger partial charge is 0.252 e. The third kappa shape index (κ3) is 4.05. The first-order chi connectivity index (χ1) is 15.7. The Hall–Kier alpha value is -3.44. The molecule has 1 aromatic carbocycles. The number of pyridine rings is 2. The lowest BCUT2D eigenvalue weighted by molar-refractivity contribution is 0.118. The highest BCUT2D eigenvalue weighted by atomic mass is 19.1. The number of nitrogens with zero attached hydrogens (tertiary/aromatic N) is 5. The number of aromatic nitrogens is 2. The topological polar surface area (TPSA) is 74.4 Å². The summed E-state index contributed by atoms with van der Waals surface area (Å²) in [4.78, 5) is 21.8. The van der Waals surface area contributed by atoms with Crippen LogP contribution in [-0.2, 0) is 7.05 Å². The van der Waals surface area contributed by atoms with Gasteiger partial charge in [-0.3, -0.25) is 9.69 Å². The molecule has 0 N–H and O–H groups in total. The zero-order valence-corrected chi connectivity index (χ0v) is 19.5. The van der Waals surface area contributed by atoms with Crippen LogP contribution in [0.2, 0.25) is 0 Å². The number of nitriles is 1. The highest BCUT2D eigenvalue weighted by Gasteiger charge is 2.34. The molecule has 0 aliphatic carbocycles. The van der Waals surface area contributed by atoms with E-state index in [1.54, 1.807) is 43.0 Å². The van der Waals surface area contributed by atoms with Crippen LogP contribution < -0.4 is 15.2 Å². The van der Waals surface area contributed by atoms with E-state index in [-0.39, 0.29) is 29.5 Å². The van der Waals surface area contributed by atoms with Crippen LogP contribution in [0.3, 0.4) is 0 Å². The van der Waals surface area contributed by atoms with Gasteiger partial charge in [0.2, 0.25) is 0 Å². The van der Waals surface area contributed by atoms with Gasteiger partial charge in [0.15, 0.2) is 0 Å². The van der Waals surface area contributed by atoms with Crippen LogP contribution >= 0.6 is 0 Å². The number of hydrogen-bond donors (Lipinski definition) is 0. The maximum absolute atomic E-state index is 13.7. The lowest BCUT2D eigenvalue weighted by atomic mass is 9.99. The van der Waals surface area contributed by atoms with Gasteiger partial charge in [-0.15, -0.1) is 0 Å². The van der Waals surface area contributed by atoms with Gasteiger partial charge >= 0.3 is 0 Å². The Morgan fingerprint density at radius 3 is 2.64 bits per heavy atom. The first kappa shape index (κ1) is 22.7. The maximum Gasteiger partial charge on any atom is 0.252 e. The summed E-state index contributed by atoms with van der Waals surface area (Å²) in [6.45, 7) is 7.77. The van der Waals surface area contributed by atoms with Crippen molar-refractivity contribution in [3.63, 3.8) is 0 Å². The minimum absolute atomic E-state index is 0.0175. The van der Waals surface area contributed by atoms with Crippen molar-refractivity contribution in [3.05, 3.63) is 63.8 Å². The zero-order valence-electron chi connectivity index (χ0n) is 19.5. The summed E-state index contributed by atoms with van der Waals surface area (Å²) in [6, 6.07) is 12.0. The lowest BCUT2D eigenvalue weighted by Crippen LogP contribution is -2.57. The van der Waals surface area contributed by atoms with Gasteiger partial charge < -0.3 is 14.2 Å². The van der Waals surface area contributed by atoms with E-state index in [4.69, 9.17) is 4.74 Å². The first-order valence-corrected chi connectivity index (χ1v) is 11.0. The molecule has 3 atom stereocenters. The van der Waals surface area contributed by atoms with E-state index < -0.39 is 0 Å².